The lowest BCUT2D eigenvalue weighted by Gasteiger charge is -2.51. The zero-order chi connectivity index (χ0) is 24.6. The number of ether oxygens (including phenoxy) is 2. The number of β-lactam (4-membered cyclic amide) rings is 1. The first-order valence-electron chi connectivity index (χ1n) is 11.4. The van der Waals surface area contributed by atoms with Crippen LogP contribution in [0.2, 0.25) is 0 Å². The van der Waals surface area contributed by atoms with Gasteiger partial charge in [0.25, 0.3) is 0 Å². The first-order valence-corrected chi connectivity index (χ1v) is 12.5. The van der Waals surface area contributed by atoms with E-state index in [0.717, 1.165) is 16.9 Å². The average molecular weight is 491 g/mol. The van der Waals surface area contributed by atoms with Crippen LogP contribution in [-0.4, -0.2) is 47.0 Å². The van der Waals surface area contributed by atoms with Crippen LogP contribution in [0.4, 0.5) is 0 Å². The van der Waals surface area contributed by atoms with E-state index >= 15 is 0 Å². The third-order valence-electron chi connectivity index (χ3n) is 6.75. The standard InChI is InChI=1S/C27H26N2O5S/c1-3-19-16-35-26-27(14-21(27)28-22(30)13-17-7-5-4-6-8-17)25(32)29(26)23(19)24(31)34-15-18-9-11-20(33-2)12-10-18/h3-12,21,26H,1,13-16H2,2H3,(H,28,30)/t21-,26?,27?/m1/s1. The summed E-state index contributed by atoms with van der Waals surface area (Å²) in [5.41, 5.74) is 2.03. The summed E-state index contributed by atoms with van der Waals surface area (Å²) in [4.78, 5) is 40.5. The lowest BCUT2D eigenvalue weighted by molar-refractivity contribution is -0.157. The zero-order valence-electron chi connectivity index (χ0n) is 19.4. The van der Waals surface area contributed by atoms with Gasteiger partial charge in [-0.05, 0) is 35.3 Å². The van der Waals surface area contributed by atoms with Gasteiger partial charge in [-0.3, -0.25) is 14.5 Å². The Labute approximate surface area is 208 Å². The second-order valence-electron chi connectivity index (χ2n) is 8.87. The Morgan fingerprint density at radius 2 is 1.91 bits per heavy atom. The van der Waals surface area contributed by atoms with Crippen LogP contribution < -0.4 is 10.1 Å². The number of esters is 1. The van der Waals surface area contributed by atoms with Crippen LogP contribution in [0.15, 0.2) is 78.5 Å². The number of benzene rings is 2. The summed E-state index contributed by atoms with van der Waals surface area (Å²) in [6.07, 6.45) is 2.46. The summed E-state index contributed by atoms with van der Waals surface area (Å²) in [5.74, 6) is 0.476. The highest BCUT2D eigenvalue weighted by molar-refractivity contribution is 8.00. The van der Waals surface area contributed by atoms with Gasteiger partial charge in [-0.15, -0.1) is 11.8 Å². The van der Waals surface area contributed by atoms with E-state index in [1.54, 1.807) is 37.1 Å². The van der Waals surface area contributed by atoms with E-state index in [2.05, 4.69) is 11.9 Å². The molecule has 0 bridgehead atoms. The molecule has 2 fully saturated rings. The number of nitrogens with one attached hydrogen (secondary N) is 1. The fourth-order valence-electron chi connectivity index (χ4n) is 4.75. The van der Waals surface area contributed by atoms with Crippen molar-refractivity contribution in [1.82, 2.24) is 10.2 Å². The van der Waals surface area contributed by atoms with E-state index in [9.17, 15) is 14.4 Å². The van der Waals surface area contributed by atoms with Gasteiger partial charge in [0.15, 0.2) is 0 Å². The van der Waals surface area contributed by atoms with Gasteiger partial charge in [-0.1, -0.05) is 55.1 Å². The van der Waals surface area contributed by atoms with E-state index in [1.165, 1.54) is 4.90 Å². The van der Waals surface area contributed by atoms with Crippen molar-refractivity contribution in [3.63, 3.8) is 0 Å². The number of allylic oxidation sites excluding steroid dienone is 1. The molecule has 3 atom stereocenters. The molecule has 2 heterocycles. The Bertz CT molecular complexity index is 1210. The molecular formula is C27H26N2O5S. The van der Waals surface area contributed by atoms with Gasteiger partial charge in [0.1, 0.15) is 23.5 Å². The Hall–Kier alpha value is -3.52. The predicted molar refractivity (Wildman–Crippen MR) is 132 cm³/mol. The summed E-state index contributed by atoms with van der Waals surface area (Å²) < 4.78 is 10.7. The minimum atomic E-state index is -0.648. The SMILES string of the molecule is C=CC1=C(C(=O)OCc2ccc(OC)cc2)N2C(=O)C3(C[C@H]3NC(=O)Cc3ccccc3)C2SC1. The van der Waals surface area contributed by atoms with Crippen LogP contribution in [0.25, 0.3) is 0 Å². The quantitative estimate of drug-likeness (QED) is 0.452. The Kier molecular flexibility index (Phi) is 6.15. The maximum Gasteiger partial charge on any atom is 0.355 e. The highest BCUT2D eigenvalue weighted by Gasteiger charge is 2.77. The molecule has 2 aromatic rings. The molecular weight excluding hydrogens is 464 g/mol. The van der Waals surface area contributed by atoms with Crippen molar-refractivity contribution in [2.75, 3.05) is 12.9 Å². The number of thioether (sulfide) groups is 1. The number of hydrogen-bond donors (Lipinski definition) is 1. The smallest absolute Gasteiger partial charge is 0.355 e. The Morgan fingerprint density at radius 1 is 1.17 bits per heavy atom. The fraction of sp³-hybridized carbons (Fsp3) is 0.296. The van der Waals surface area contributed by atoms with Gasteiger partial charge in [0.05, 0.1) is 18.9 Å². The molecule has 8 heteroatoms. The van der Waals surface area contributed by atoms with Crippen molar-refractivity contribution in [1.29, 1.82) is 0 Å². The number of methoxy groups -OCH3 is 1. The minimum Gasteiger partial charge on any atom is -0.497 e. The van der Waals surface area contributed by atoms with E-state index in [-0.39, 0.29) is 42.0 Å². The third-order valence-corrected chi connectivity index (χ3v) is 8.17. The zero-order valence-corrected chi connectivity index (χ0v) is 20.2. The largest absolute Gasteiger partial charge is 0.497 e. The van der Waals surface area contributed by atoms with Crippen molar-refractivity contribution >= 4 is 29.5 Å². The van der Waals surface area contributed by atoms with Crippen molar-refractivity contribution in [3.8, 4) is 5.75 Å². The minimum absolute atomic E-state index is 0.0832. The van der Waals surface area contributed by atoms with E-state index in [4.69, 9.17) is 9.47 Å². The third kappa shape index (κ3) is 4.12. The second kappa shape index (κ2) is 9.26. The maximum atomic E-state index is 13.3. The first kappa shape index (κ1) is 23.2. The van der Waals surface area contributed by atoms with Gasteiger partial charge in [0.2, 0.25) is 11.8 Å². The number of rotatable bonds is 8. The van der Waals surface area contributed by atoms with Crippen LogP contribution >= 0.6 is 11.8 Å². The molecule has 35 heavy (non-hydrogen) atoms. The molecule has 0 radical (unpaired) electrons. The second-order valence-corrected chi connectivity index (χ2v) is 9.94. The van der Waals surface area contributed by atoms with Crippen molar-refractivity contribution in [2.45, 2.75) is 30.9 Å². The lowest BCUT2D eigenvalue weighted by Crippen LogP contribution is -2.65. The highest BCUT2D eigenvalue weighted by atomic mass is 32.2. The Balaban J connectivity index is 1.24. The maximum absolute atomic E-state index is 13.3. The van der Waals surface area contributed by atoms with E-state index in [1.807, 2.05) is 42.5 Å². The van der Waals surface area contributed by atoms with E-state index < -0.39 is 11.4 Å². The van der Waals surface area contributed by atoms with Gasteiger partial charge < -0.3 is 14.8 Å². The summed E-state index contributed by atoms with van der Waals surface area (Å²) in [5, 5.41) is 2.82. The summed E-state index contributed by atoms with van der Waals surface area (Å²) in [6.45, 7) is 3.90. The lowest BCUT2D eigenvalue weighted by atomic mass is 9.91. The Morgan fingerprint density at radius 3 is 2.60 bits per heavy atom. The molecule has 1 N–H and O–H groups in total. The van der Waals surface area contributed by atoms with Crippen LogP contribution in [0.3, 0.4) is 0 Å². The molecule has 2 unspecified atom stereocenters. The van der Waals surface area contributed by atoms with Crippen LogP contribution in [0, 0.1) is 5.41 Å². The number of amides is 2. The molecule has 1 saturated heterocycles. The van der Waals surface area contributed by atoms with Crippen molar-refractivity contribution in [3.05, 3.63) is 89.6 Å². The van der Waals surface area contributed by atoms with E-state index in [0.29, 0.717) is 17.7 Å². The normalized spacial score (nSPS) is 24.4. The molecule has 2 aliphatic heterocycles. The topological polar surface area (TPSA) is 84.9 Å². The van der Waals surface area contributed by atoms with Gasteiger partial charge >= 0.3 is 5.97 Å². The van der Waals surface area contributed by atoms with Gasteiger partial charge in [-0.25, -0.2) is 4.79 Å². The first-order chi connectivity index (χ1) is 17.0. The molecule has 180 valence electrons. The molecule has 2 amide bonds. The number of carbonyl (C=O) groups is 3. The van der Waals surface area contributed by atoms with Gasteiger partial charge in [0, 0.05) is 11.8 Å². The molecule has 1 aliphatic carbocycles. The predicted octanol–water partition coefficient (Wildman–Crippen LogP) is 3.21. The van der Waals surface area contributed by atoms with Crippen molar-refractivity contribution in [2.24, 2.45) is 5.41 Å². The van der Waals surface area contributed by atoms with Crippen LogP contribution in [-0.2, 0) is 32.1 Å². The van der Waals surface area contributed by atoms with Gasteiger partial charge in [-0.2, -0.15) is 0 Å². The molecule has 3 aliphatic rings. The summed E-state index contributed by atoms with van der Waals surface area (Å²) in [6, 6.07) is 16.5. The fourth-order valence-corrected chi connectivity index (χ4v) is 6.35. The highest BCUT2D eigenvalue weighted by Crippen LogP contribution is 2.64. The molecule has 7 nitrogen and oxygen atoms in total. The number of nitrogens with zero attached hydrogens (tertiary/aromatic N) is 1. The molecule has 1 spiro atoms. The summed E-state index contributed by atoms with van der Waals surface area (Å²) >= 11 is 1.60. The molecule has 0 aromatic heterocycles. The molecule has 2 aromatic carbocycles. The summed E-state index contributed by atoms with van der Waals surface area (Å²) in [7, 11) is 1.59. The molecule has 1 saturated carbocycles. The monoisotopic (exact) mass is 490 g/mol. The van der Waals surface area contributed by atoms with Crippen LogP contribution in [0.1, 0.15) is 17.5 Å². The number of carbonyl (C=O) groups excluding carboxylic acids is 3. The number of hydrogen-bond acceptors (Lipinski definition) is 6. The van der Waals surface area contributed by atoms with Crippen LogP contribution in [0.5, 0.6) is 5.75 Å². The number of fused-ring (bicyclic) bond motifs is 2. The molecule has 5 rings (SSSR count). The average Bonchev–Trinajstić information content (AvgIpc) is 3.63. The van der Waals surface area contributed by atoms with Crippen molar-refractivity contribution < 1.29 is 23.9 Å².